The van der Waals surface area contributed by atoms with Crippen molar-refractivity contribution in [2.75, 3.05) is 0 Å². The first-order chi connectivity index (χ1) is 5.19. The monoisotopic (exact) mass is 221 g/mol. The molecule has 0 aliphatic heterocycles. The van der Waals surface area contributed by atoms with Crippen LogP contribution in [-0.2, 0) is 4.79 Å². The van der Waals surface area contributed by atoms with Crippen LogP contribution < -0.4 is 5.48 Å². The van der Waals surface area contributed by atoms with Crippen LogP contribution in [-0.4, -0.2) is 15.4 Å². The van der Waals surface area contributed by atoms with Gasteiger partial charge >= 0.3 is 0 Å². The molecule has 1 aliphatic carbocycles. The summed E-state index contributed by atoms with van der Waals surface area (Å²) in [6.07, 6.45) is 4.93. The van der Waals surface area contributed by atoms with Gasteiger partial charge in [0.15, 0.2) is 0 Å². The zero-order chi connectivity index (χ0) is 8.32. The average molecular weight is 222 g/mol. The van der Waals surface area contributed by atoms with E-state index in [-0.39, 0.29) is 5.91 Å². The molecule has 3 nitrogen and oxygen atoms in total. The minimum atomic E-state index is -0.500. The maximum absolute atomic E-state index is 11.1. The summed E-state index contributed by atoms with van der Waals surface area (Å²) in [5.74, 6) is -0.308. The van der Waals surface area contributed by atoms with Crippen LogP contribution in [0.4, 0.5) is 0 Å². The molecular formula is C7H12BrNO2. The Labute approximate surface area is 74.3 Å². The summed E-state index contributed by atoms with van der Waals surface area (Å²) in [5, 5.41) is 8.42. The Balaban J connectivity index is 2.56. The van der Waals surface area contributed by atoms with Gasteiger partial charge in [0.2, 0.25) is 0 Å². The number of alkyl halides is 1. The van der Waals surface area contributed by atoms with E-state index >= 15 is 0 Å². The molecule has 0 heterocycles. The van der Waals surface area contributed by atoms with E-state index in [1.54, 1.807) is 5.48 Å². The standard InChI is InChI=1S/C7H12BrNO2/c8-7(6(10)9-11)4-2-1-3-5-7/h11H,1-5H2,(H,9,10). The fraction of sp³-hybridized carbons (Fsp3) is 0.857. The molecule has 0 saturated heterocycles. The van der Waals surface area contributed by atoms with E-state index in [1.807, 2.05) is 0 Å². The molecule has 1 fully saturated rings. The molecule has 0 aromatic rings. The van der Waals surface area contributed by atoms with Crippen LogP contribution in [0.3, 0.4) is 0 Å². The predicted molar refractivity (Wildman–Crippen MR) is 44.7 cm³/mol. The number of hydroxylamine groups is 1. The number of halogens is 1. The Kier molecular flexibility index (Phi) is 2.90. The van der Waals surface area contributed by atoms with Crippen LogP contribution in [0.2, 0.25) is 0 Å². The number of carbonyl (C=O) groups is 1. The van der Waals surface area contributed by atoms with Gasteiger partial charge in [0.05, 0.1) is 0 Å². The molecule has 0 aromatic heterocycles. The molecule has 64 valence electrons. The van der Waals surface area contributed by atoms with Crippen molar-refractivity contribution in [1.29, 1.82) is 0 Å². The van der Waals surface area contributed by atoms with Crippen molar-refractivity contribution >= 4 is 21.8 Å². The second-order valence-electron chi connectivity index (χ2n) is 2.97. The van der Waals surface area contributed by atoms with Gasteiger partial charge in [-0.25, -0.2) is 5.48 Å². The van der Waals surface area contributed by atoms with E-state index < -0.39 is 4.32 Å². The largest absolute Gasteiger partial charge is 0.289 e. The van der Waals surface area contributed by atoms with Gasteiger partial charge in [0.1, 0.15) is 4.32 Å². The molecule has 0 spiro atoms. The molecule has 0 bridgehead atoms. The van der Waals surface area contributed by atoms with Crippen molar-refractivity contribution in [1.82, 2.24) is 5.48 Å². The number of hydrogen-bond acceptors (Lipinski definition) is 2. The Morgan fingerprint density at radius 2 is 1.91 bits per heavy atom. The molecule has 1 aliphatic rings. The smallest absolute Gasteiger partial charge is 0.260 e. The fourth-order valence-corrected chi connectivity index (χ4v) is 2.09. The van der Waals surface area contributed by atoms with Crippen LogP contribution >= 0.6 is 15.9 Å². The molecule has 1 amide bonds. The minimum Gasteiger partial charge on any atom is -0.289 e. The van der Waals surface area contributed by atoms with Gasteiger partial charge in [0, 0.05) is 0 Å². The van der Waals surface area contributed by atoms with Crippen molar-refractivity contribution < 1.29 is 10.0 Å². The Morgan fingerprint density at radius 1 is 1.36 bits per heavy atom. The summed E-state index contributed by atoms with van der Waals surface area (Å²) in [6.45, 7) is 0. The number of carbonyl (C=O) groups excluding carboxylic acids is 1. The number of amides is 1. The molecule has 0 unspecified atom stereocenters. The summed E-state index contributed by atoms with van der Waals surface area (Å²) < 4.78 is -0.500. The molecule has 0 aromatic carbocycles. The predicted octanol–water partition coefficient (Wildman–Crippen LogP) is 1.59. The van der Waals surface area contributed by atoms with Gasteiger partial charge in [-0.1, -0.05) is 35.2 Å². The van der Waals surface area contributed by atoms with Crippen LogP contribution in [0.5, 0.6) is 0 Å². The number of rotatable bonds is 1. The van der Waals surface area contributed by atoms with Gasteiger partial charge in [-0.2, -0.15) is 0 Å². The number of nitrogens with one attached hydrogen (secondary N) is 1. The molecule has 0 radical (unpaired) electrons. The second-order valence-corrected chi connectivity index (χ2v) is 4.48. The maximum atomic E-state index is 11.1. The van der Waals surface area contributed by atoms with Crippen molar-refractivity contribution in [3.63, 3.8) is 0 Å². The van der Waals surface area contributed by atoms with E-state index in [1.165, 1.54) is 6.42 Å². The third-order valence-electron chi connectivity index (χ3n) is 2.15. The van der Waals surface area contributed by atoms with E-state index in [0.29, 0.717) is 0 Å². The van der Waals surface area contributed by atoms with E-state index in [2.05, 4.69) is 15.9 Å². The van der Waals surface area contributed by atoms with Crippen LogP contribution in [0.1, 0.15) is 32.1 Å². The highest BCUT2D eigenvalue weighted by molar-refractivity contribution is 9.10. The summed E-state index contributed by atoms with van der Waals surface area (Å²) in [6, 6.07) is 0. The lowest BCUT2D eigenvalue weighted by Gasteiger charge is -2.28. The summed E-state index contributed by atoms with van der Waals surface area (Å²) in [7, 11) is 0. The van der Waals surface area contributed by atoms with Crippen molar-refractivity contribution in [3.05, 3.63) is 0 Å². The highest BCUT2D eigenvalue weighted by atomic mass is 79.9. The SMILES string of the molecule is O=C(NO)C1(Br)CCCCC1. The van der Waals surface area contributed by atoms with Gasteiger partial charge in [0.25, 0.3) is 5.91 Å². The lowest BCUT2D eigenvalue weighted by Crippen LogP contribution is -2.41. The molecule has 4 heteroatoms. The van der Waals surface area contributed by atoms with Gasteiger partial charge in [-0.15, -0.1) is 0 Å². The lowest BCUT2D eigenvalue weighted by molar-refractivity contribution is -0.132. The first kappa shape index (κ1) is 9.00. The normalized spacial score (nSPS) is 22.7. The molecule has 2 N–H and O–H groups in total. The van der Waals surface area contributed by atoms with Gasteiger partial charge < -0.3 is 0 Å². The lowest BCUT2D eigenvalue weighted by atomic mass is 9.88. The zero-order valence-corrected chi connectivity index (χ0v) is 7.85. The van der Waals surface area contributed by atoms with E-state index in [9.17, 15) is 4.79 Å². The topological polar surface area (TPSA) is 49.3 Å². The van der Waals surface area contributed by atoms with E-state index in [0.717, 1.165) is 25.7 Å². The highest BCUT2D eigenvalue weighted by Crippen LogP contribution is 2.35. The first-order valence-corrected chi connectivity index (χ1v) is 4.62. The second kappa shape index (κ2) is 3.54. The third kappa shape index (κ3) is 1.93. The number of hydrogen-bond donors (Lipinski definition) is 2. The average Bonchev–Trinajstić information content (AvgIpc) is 2.04. The quantitative estimate of drug-likeness (QED) is 0.402. The zero-order valence-electron chi connectivity index (χ0n) is 6.27. The summed E-state index contributed by atoms with van der Waals surface area (Å²) >= 11 is 3.35. The molecule has 0 atom stereocenters. The van der Waals surface area contributed by atoms with Crippen LogP contribution in [0.15, 0.2) is 0 Å². The Morgan fingerprint density at radius 3 is 2.36 bits per heavy atom. The maximum Gasteiger partial charge on any atom is 0.260 e. The molecule has 1 rings (SSSR count). The Bertz CT molecular complexity index is 155. The fourth-order valence-electron chi connectivity index (χ4n) is 1.44. The van der Waals surface area contributed by atoms with Crippen LogP contribution in [0, 0.1) is 0 Å². The van der Waals surface area contributed by atoms with Gasteiger partial charge in [-0.05, 0) is 12.8 Å². The highest BCUT2D eigenvalue weighted by Gasteiger charge is 2.36. The molecule has 1 saturated carbocycles. The van der Waals surface area contributed by atoms with E-state index in [4.69, 9.17) is 5.21 Å². The molecule has 11 heavy (non-hydrogen) atoms. The molecular weight excluding hydrogens is 210 g/mol. The van der Waals surface area contributed by atoms with Crippen LogP contribution in [0.25, 0.3) is 0 Å². The first-order valence-electron chi connectivity index (χ1n) is 3.82. The van der Waals surface area contributed by atoms with Gasteiger partial charge in [-0.3, -0.25) is 10.0 Å². The van der Waals surface area contributed by atoms with Crippen molar-refractivity contribution in [2.45, 2.75) is 36.4 Å². The summed E-state index contributed by atoms with van der Waals surface area (Å²) in [4.78, 5) is 11.1. The minimum absolute atomic E-state index is 0.308. The van der Waals surface area contributed by atoms with Crippen molar-refractivity contribution in [2.24, 2.45) is 0 Å². The van der Waals surface area contributed by atoms with Crippen molar-refractivity contribution in [3.8, 4) is 0 Å². The summed E-state index contributed by atoms with van der Waals surface area (Å²) in [5.41, 5.74) is 1.69. The Hall–Kier alpha value is -0.0900. The third-order valence-corrected chi connectivity index (χ3v) is 3.31.